The zero-order valence-corrected chi connectivity index (χ0v) is 13.7. The summed E-state index contributed by atoms with van der Waals surface area (Å²) in [5, 5.41) is 8.83. The molecule has 0 aliphatic rings. The average Bonchev–Trinajstić information content (AvgIpc) is 2.47. The molecule has 2 aromatic carbocycles. The molecule has 0 saturated heterocycles. The molecule has 0 N–H and O–H groups in total. The van der Waals surface area contributed by atoms with E-state index in [9.17, 15) is 0 Å². The van der Waals surface area contributed by atoms with Gasteiger partial charge < -0.3 is 4.74 Å². The van der Waals surface area contributed by atoms with Crippen molar-refractivity contribution in [2.24, 2.45) is 0 Å². The first-order valence-corrected chi connectivity index (χ1v) is 7.35. The van der Waals surface area contributed by atoms with Crippen molar-refractivity contribution in [1.82, 2.24) is 4.90 Å². The normalized spacial score (nSPS) is 10.5. The minimum atomic E-state index is 0.702. The Morgan fingerprint density at radius 2 is 1.55 bits per heavy atom. The van der Waals surface area contributed by atoms with E-state index in [-0.39, 0.29) is 0 Å². The standard InChI is InChI=1S/C19H22N2O/c1-14-9-18(10-15(2)19(14)22-4)13-21(3)12-17-7-5-16(11-20)6-8-17/h5-10H,12-13H2,1-4H3. The second kappa shape index (κ2) is 7.11. The Morgan fingerprint density at radius 1 is 1.00 bits per heavy atom. The van der Waals surface area contributed by atoms with Crippen LogP contribution in [0.3, 0.4) is 0 Å². The molecule has 2 aromatic rings. The molecule has 0 radical (unpaired) electrons. The molecule has 0 heterocycles. The second-order valence-electron chi connectivity index (χ2n) is 5.74. The maximum atomic E-state index is 8.83. The van der Waals surface area contributed by atoms with Gasteiger partial charge in [0.05, 0.1) is 18.7 Å². The van der Waals surface area contributed by atoms with Crippen LogP contribution in [-0.2, 0) is 13.1 Å². The Bertz CT molecular complexity index is 661. The van der Waals surface area contributed by atoms with Crippen LogP contribution < -0.4 is 4.74 Å². The number of nitrogens with zero attached hydrogens (tertiary/aromatic N) is 2. The van der Waals surface area contributed by atoms with Crippen LogP contribution in [0.15, 0.2) is 36.4 Å². The van der Waals surface area contributed by atoms with Gasteiger partial charge in [-0.05, 0) is 55.3 Å². The number of hydrogen-bond acceptors (Lipinski definition) is 3. The number of rotatable bonds is 5. The highest BCUT2D eigenvalue weighted by Gasteiger charge is 2.08. The van der Waals surface area contributed by atoms with Crippen LogP contribution in [0.25, 0.3) is 0 Å². The van der Waals surface area contributed by atoms with Crippen LogP contribution in [0.1, 0.15) is 27.8 Å². The summed E-state index contributed by atoms with van der Waals surface area (Å²) < 4.78 is 5.41. The van der Waals surface area contributed by atoms with Crippen molar-refractivity contribution in [2.45, 2.75) is 26.9 Å². The largest absolute Gasteiger partial charge is 0.496 e. The first-order chi connectivity index (χ1) is 10.5. The monoisotopic (exact) mass is 294 g/mol. The molecule has 0 spiro atoms. The molecule has 3 heteroatoms. The first kappa shape index (κ1) is 16.1. The van der Waals surface area contributed by atoms with Gasteiger partial charge >= 0.3 is 0 Å². The predicted molar refractivity (Wildman–Crippen MR) is 88.8 cm³/mol. The van der Waals surface area contributed by atoms with E-state index >= 15 is 0 Å². The zero-order valence-electron chi connectivity index (χ0n) is 13.7. The maximum absolute atomic E-state index is 8.83. The van der Waals surface area contributed by atoms with Gasteiger partial charge in [0.25, 0.3) is 0 Å². The predicted octanol–water partition coefficient (Wildman–Crippen LogP) is 3.82. The highest BCUT2D eigenvalue weighted by atomic mass is 16.5. The van der Waals surface area contributed by atoms with E-state index in [1.165, 1.54) is 22.3 Å². The molecule has 0 amide bonds. The lowest BCUT2D eigenvalue weighted by molar-refractivity contribution is 0.318. The number of benzene rings is 2. The third kappa shape index (κ3) is 3.87. The third-order valence-electron chi connectivity index (χ3n) is 3.71. The summed E-state index contributed by atoms with van der Waals surface area (Å²) in [7, 11) is 3.82. The van der Waals surface area contributed by atoms with Gasteiger partial charge in [0.2, 0.25) is 0 Å². The third-order valence-corrected chi connectivity index (χ3v) is 3.71. The van der Waals surface area contributed by atoms with E-state index in [0.29, 0.717) is 5.56 Å². The molecule has 0 aliphatic heterocycles. The molecule has 22 heavy (non-hydrogen) atoms. The first-order valence-electron chi connectivity index (χ1n) is 7.35. The van der Waals surface area contributed by atoms with Crippen LogP contribution in [-0.4, -0.2) is 19.1 Å². The molecule has 0 unspecified atom stereocenters. The fourth-order valence-corrected chi connectivity index (χ4v) is 2.82. The van der Waals surface area contributed by atoms with Crippen molar-refractivity contribution in [1.29, 1.82) is 5.26 Å². The van der Waals surface area contributed by atoms with Gasteiger partial charge in [-0.1, -0.05) is 24.3 Å². The minimum Gasteiger partial charge on any atom is -0.496 e. The second-order valence-corrected chi connectivity index (χ2v) is 5.74. The van der Waals surface area contributed by atoms with Crippen LogP contribution >= 0.6 is 0 Å². The summed E-state index contributed by atoms with van der Waals surface area (Å²) in [6.45, 7) is 5.90. The fraction of sp³-hybridized carbons (Fsp3) is 0.316. The lowest BCUT2D eigenvalue weighted by atomic mass is 10.0. The Balaban J connectivity index is 2.05. The van der Waals surface area contributed by atoms with Crippen LogP contribution in [0.4, 0.5) is 0 Å². The number of methoxy groups -OCH3 is 1. The van der Waals surface area contributed by atoms with Gasteiger partial charge in [-0.25, -0.2) is 0 Å². The Kier molecular flexibility index (Phi) is 5.19. The highest BCUT2D eigenvalue weighted by Crippen LogP contribution is 2.25. The maximum Gasteiger partial charge on any atom is 0.124 e. The molecule has 0 atom stereocenters. The number of aryl methyl sites for hydroxylation is 2. The number of nitriles is 1. The van der Waals surface area contributed by atoms with E-state index in [1.54, 1.807) is 7.11 Å². The summed E-state index contributed by atoms with van der Waals surface area (Å²) in [5.74, 6) is 0.971. The van der Waals surface area contributed by atoms with Crippen molar-refractivity contribution < 1.29 is 4.74 Å². The topological polar surface area (TPSA) is 36.3 Å². The summed E-state index contributed by atoms with van der Waals surface area (Å²) in [4.78, 5) is 2.27. The fourth-order valence-electron chi connectivity index (χ4n) is 2.82. The Hall–Kier alpha value is -2.31. The lowest BCUT2D eigenvalue weighted by Gasteiger charge is -2.18. The smallest absolute Gasteiger partial charge is 0.124 e. The summed E-state index contributed by atoms with van der Waals surface area (Å²) in [6, 6.07) is 14.3. The average molecular weight is 294 g/mol. The van der Waals surface area contributed by atoms with Gasteiger partial charge in [0, 0.05) is 13.1 Å². The van der Waals surface area contributed by atoms with Crippen molar-refractivity contribution in [3.05, 3.63) is 64.2 Å². The van der Waals surface area contributed by atoms with Crippen molar-refractivity contribution in [2.75, 3.05) is 14.2 Å². The number of hydrogen-bond donors (Lipinski definition) is 0. The minimum absolute atomic E-state index is 0.702. The molecule has 0 aliphatic carbocycles. The zero-order chi connectivity index (χ0) is 16.1. The van der Waals surface area contributed by atoms with E-state index < -0.39 is 0 Å². The molecule has 0 bridgehead atoms. The van der Waals surface area contributed by atoms with Crippen LogP contribution in [0.2, 0.25) is 0 Å². The SMILES string of the molecule is COc1c(C)cc(CN(C)Cc2ccc(C#N)cc2)cc1C. The van der Waals surface area contributed by atoms with Crippen LogP contribution in [0, 0.1) is 25.2 Å². The quantitative estimate of drug-likeness (QED) is 0.841. The highest BCUT2D eigenvalue weighted by molar-refractivity contribution is 5.43. The van der Waals surface area contributed by atoms with E-state index in [0.717, 1.165) is 18.8 Å². The molecular formula is C19H22N2O. The Labute approximate surface area is 132 Å². The summed E-state index contributed by atoms with van der Waals surface area (Å²) in [5.41, 5.74) is 5.54. The molecule has 0 fully saturated rings. The van der Waals surface area contributed by atoms with Gasteiger partial charge in [0.15, 0.2) is 0 Å². The molecule has 3 nitrogen and oxygen atoms in total. The van der Waals surface area contributed by atoms with E-state index in [1.807, 2.05) is 24.3 Å². The molecule has 2 rings (SSSR count). The van der Waals surface area contributed by atoms with Crippen molar-refractivity contribution >= 4 is 0 Å². The van der Waals surface area contributed by atoms with Gasteiger partial charge in [0.1, 0.15) is 5.75 Å². The van der Waals surface area contributed by atoms with Gasteiger partial charge in [-0.3, -0.25) is 4.90 Å². The lowest BCUT2D eigenvalue weighted by Crippen LogP contribution is -2.17. The van der Waals surface area contributed by atoms with Crippen molar-refractivity contribution in [3.8, 4) is 11.8 Å². The number of ether oxygens (including phenoxy) is 1. The summed E-state index contributed by atoms with van der Waals surface area (Å²) in [6.07, 6.45) is 0. The summed E-state index contributed by atoms with van der Waals surface area (Å²) >= 11 is 0. The van der Waals surface area contributed by atoms with Gasteiger partial charge in [-0.15, -0.1) is 0 Å². The molecule has 114 valence electrons. The van der Waals surface area contributed by atoms with Gasteiger partial charge in [-0.2, -0.15) is 5.26 Å². The Morgan fingerprint density at radius 3 is 2.05 bits per heavy atom. The molecule has 0 saturated carbocycles. The van der Waals surface area contributed by atoms with Crippen LogP contribution in [0.5, 0.6) is 5.75 Å². The van der Waals surface area contributed by atoms with E-state index in [4.69, 9.17) is 10.00 Å². The van der Waals surface area contributed by atoms with E-state index in [2.05, 4.69) is 44.0 Å². The van der Waals surface area contributed by atoms with Crippen molar-refractivity contribution in [3.63, 3.8) is 0 Å². The molecular weight excluding hydrogens is 272 g/mol. The molecule has 0 aromatic heterocycles.